The van der Waals surface area contributed by atoms with E-state index >= 15 is 0 Å². The first-order chi connectivity index (χ1) is 18.8. The topological polar surface area (TPSA) is 88.1 Å². The summed E-state index contributed by atoms with van der Waals surface area (Å²) >= 11 is 0. The minimum atomic E-state index is -0.708. The van der Waals surface area contributed by atoms with Gasteiger partial charge in [-0.25, -0.2) is 9.59 Å². The van der Waals surface area contributed by atoms with Gasteiger partial charge < -0.3 is 19.9 Å². The van der Waals surface area contributed by atoms with Crippen molar-refractivity contribution < 1.29 is 24.2 Å². The number of rotatable bonds is 6. The highest BCUT2D eigenvalue weighted by Gasteiger charge is 2.44. The van der Waals surface area contributed by atoms with Crippen molar-refractivity contribution in [3.05, 3.63) is 86.8 Å². The molecule has 0 saturated carbocycles. The average molecular weight is 531 g/mol. The molecule has 2 aromatic rings. The van der Waals surface area contributed by atoms with Gasteiger partial charge in [0, 0.05) is 24.4 Å². The predicted octanol–water partition coefficient (Wildman–Crippen LogP) is 5.25. The van der Waals surface area contributed by atoms with E-state index < -0.39 is 24.0 Å². The van der Waals surface area contributed by atoms with Gasteiger partial charge in [-0.2, -0.15) is 0 Å². The minimum Gasteiger partial charge on any atom is -0.508 e. The number of hydrogen-bond donors (Lipinski definition) is 2. The summed E-state index contributed by atoms with van der Waals surface area (Å²) in [5.41, 5.74) is 7.36. The molecule has 3 aliphatic heterocycles. The van der Waals surface area contributed by atoms with E-state index in [0.717, 1.165) is 54.0 Å². The maximum atomic E-state index is 13.8. The number of hydrogen-bond acceptors (Lipinski definition) is 7. The van der Waals surface area contributed by atoms with Gasteiger partial charge in [-0.15, -0.1) is 0 Å². The van der Waals surface area contributed by atoms with Crippen molar-refractivity contribution >= 4 is 11.9 Å². The van der Waals surface area contributed by atoms with Gasteiger partial charge in [-0.1, -0.05) is 36.2 Å². The predicted molar refractivity (Wildman–Crippen MR) is 149 cm³/mol. The first kappa shape index (κ1) is 27.0. The van der Waals surface area contributed by atoms with Crippen LogP contribution >= 0.6 is 0 Å². The number of benzene rings is 2. The number of dihydropyridines is 1. The molecular weight excluding hydrogens is 492 g/mol. The van der Waals surface area contributed by atoms with Crippen LogP contribution in [0.3, 0.4) is 0 Å². The Labute approximate surface area is 230 Å². The molecule has 2 atom stereocenters. The lowest BCUT2D eigenvalue weighted by Gasteiger charge is -2.39. The Kier molecular flexibility index (Phi) is 7.80. The smallest absolute Gasteiger partial charge is 0.337 e. The lowest BCUT2D eigenvalue weighted by Crippen LogP contribution is -2.42. The molecule has 0 aliphatic carbocycles. The highest BCUT2D eigenvalue weighted by atomic mass is 16.5. The Morgan fingerprint density at radius 2 is 1.82 bits per heavy atom. The molecule has 5 rings (SSSR count). The molecule has 0 bridgehead atoms. The first-order valence-corrected chi connectivity index (χ1v) is 14.0. The van der Waals surface area contributed by atoms with Gasteiger partial charge in [0.2, 0.25) is 0 Å². The monoisotopic (exact) mass is 530 g/mol. The van der Waals surface area contributed by atoms with Crippen LogP contribution in [0, 0.1) is 20.8 Å². The third-order valence-electron chi connectivity index (χ3n) is 7.98. The third kappa shape index (κ3) is 5.46. The van der Waals surface area contributed by atoms with Gasteiger partial charge in [0.1, 0.15) is 11.9 Å². The van der Waals surface area contributed by atoms with Crippen molar-refractivity contribution in [1.29, 1.82) is 0 Å². The number of likely N-dealkylation sites (tertiary alicyclic amines) is 1. The molecule has 7 heteroatoms. The highest BCUT2D eigenvalue weighted by molar-refractivity contribution is 6.00. The number of nitrogens with one attached hydrogen (secondary N) is 1. The van der Waals surface area contributed by atoms with Crippen LogP contribution in [0.15, 0.2) is 58.9 Å². The van der Waals surface area contributed by atoms with Crippen LogP contribution in [-0.2, 0) is 19.1 Å². The second-order valence-corrected chi connectivity index (χ2v) is 10.9. The number of cyclic esters (lactones) is 1. The standard InChI is InChI=1S/C32H38N2O5/c1-5-38-31(36)30-25(18-34-12-7-6-8-13-34)33-24-17-26(27-20(3)14-19(2)15-21(27)4)39-32(37)29(24)28(30)22-10-9-11-23(35)16-22/h9-11,14-16,26,28,33,35H,5-8,12-13,17-18H2,1-4H3. The quantitative estimate of drug-likeness (QED) is 0.493. The van der Waals surface area contributed by atoms with Gasteiger partial charge in [0.05, 0.1) is 23.7 Å². The molecule has 39 heavy (non-hydrogen) atoms. The zero-order chi connectivity index (χ0) is 27.7. The number of phenols is 1. The highest BCUT2D eigenvalue weighted by Crippen LogP contribution is 2.46. The van der Waals surface area contributed by atoms with Crippen LogP contribution in [-0.4, -0.2) is 48.2 Å². The summed E-state index contributed by atoms with van der Waals surface area (Å²) in [6.07, 6.45) is 3.48. The molecule has 2 N–H and O–H groups in total. The molecule has 0 aromatic heterocycles. The Morgan fingerprint density at radius 3 is 2.49 bits per heavy atom. The van der Waals surface area contributed by atoms with Crippen LogP contribution < -0.4 is 5.32 Å². The number of nitrogens with zero attached hydrogens (tertiary/aromatic N) is 1. The molecule has 3 aliphatic rings. The van der Waals surface area contributed by atoms with E-state index in [0.29, 0.717) is 29.7 Å². The Morgan fingerprint density at radius 1 is 1.10 bits per heavy atom. The van der Waals surface area contributed by atoms with Gasteiger partial charge in [0.15, 0.2) is 0 Å². The number of carbonyl (C=O) groups is 2. The second kappa shape index (κ2) is 11.3. The van der Waals surface area contributed by atoms with Crippen molar-refractivity contribution in [2.24, 2.45) is 0 Å². The molecule has 1 saturated heterocycles. The van der Waals surface area contributed by atoms with Gasteiger partial charge >= 0.3 is 11.9 Å². The minimum absolute atomic E-state index is 0.0712. The van der Waals surface area contributed by atoms with Crippen molar-refractivity contribution in [3.63, 3.8) is 0 Å². The Balaban J connectivity index is 1.63. The number of ether oxygens (including phenoxy) is 2. The molecular formula is C32H38N2O5. The zero-order valence-electron chi connectivity index (χ0n) is 23.3. The average Bonchev–Trinajstić information content (AvgIpc) is 2.88. The number of aromatic hydroxyl groups is 1. The molecule has 2 aromatic carbocycles. The van der Waals surface area contributed by atoms with Gasteiger partial charge in [-0.3, -0.25) is 4.90 Å². The fourth-order valence-corrected chi connectivity index (χ4v) is 6.44. The molecule has 206 valence electrons. The van der Waals surface area contributed by atoms with Gasteiger partial charge in [0.25, 0.3) is 0 Å². The summed E-state index contributed by atoms with van der Waals surface area (Å²) in [7, 11) is 0. The van der Waals surface area contributed by atoms with E-state index in [-0.39, 0.29) is 12.4 Å². The fraction of sp³-hybridized carbons (Fsp3) is 0.438. The summed E-state index contributed by atoms with van der Waals surface area (Å²) in [5.74, 6) is -1.56. The SMILES string of the molecule is CCOC(=O)C1=C(CN2CCCCC2)NC2=C(C(=O)OC(c3c(C)cc(C)cc3C)C2)C1c1cccc(O)c1. The first-order valence-electron chi connectivity index (χ1n) is 14.0. The molecule has 2 unspecified atom stereocenters. The summed E-state index contributed by atoms with van der Waals surface area (Å²) in [6.45, 7) is 10.6. The van der Waals surface area contributed by atoms with Crippen LogP contribution in [0.25, 0.3) is 0 Å². The summed E-state index contributed by atoms with van der Waals surface area (Å²) in [5, 5.41) is 13.9. The molecule has 0 amide bonds. The van der Waals surface area contributed by atoms with Crippen molar-refractivity contribution in [2.75, 3.05) is 26.2 Å². The number of phenolic OH excluding ortho intramolecular Hbond substituents is 1. The maximum absolute atomic E-state index is 13.8. The number of piperidine rings is 1. The lowest BCUT2D eigenvalue weighted by atomic mass is 9.77. The number of aryl methyl sites for hydroxylation is 3. The molecule has 7 nitrogen and oxygen atoms in total. The Hall–Kier alpha value is -3.58. The van der Waals surface area contributed by atoms with E-state index in [4.69, 9.17) is 9.47 Å². The van der Waals surface area contributed by atoms with E-state index in [1.165, 1.54) is 12.0 Å². The lowest BCUT2D eigenvalue weighted by molar-refractivity contribution is -0.147. The van der Waals surface area contributed by atoms with Crippen LogP contribution in [0.4, 0.5) is 0 Å². The second-order valence-electron chi connectivity index (χ2n) is 10.9. The van der Waals surface area contributed by atoms with Crippen LogP contribution in [0.1, 0.15) is 72.4 Å². The van der Waals surface area contributed by atoms with Crippen molar-refractivity contribution in [3.8, 4) is 5.75 Å². The summed E-state index contributed by atoms with van der Waals surface area (Å²) < 4.78 is 11.7. The summed E-state index contributed by atoms with van der Waals surface area (Å²) in [6, 6.07) is 11.0. The molecule has 3 heterocycles. The van der Waals surface area contributed by atoms with E-state index in [2.05, 4.69) is 43.1 Å². The Bertz CT molecular complexity index is 1330. The van der Waals surface area contributed by atoms with Crippen molar-refractivity contribution in [1.82, 2.24) is 10.2 Å². The van der Waals surface area contributed by atoms with Crippen LogP contribution in [0.2, 0.25) is 0 Å². The number of esters is 2. The normalized spacial score (nSPS) is 21.8. The molecule has 0 radical (unpaired) electrons. The van der Waals surface area contributed by atoms with Gasteiger partial charge in [-0.05, 0) is 88.0 Å². The van der Waals surface area contributed by atoms with Crippen LogP contribution in [0.5, 0.6) is 5.75 Å². The van der Waals surface area contributed by atoms with E-state index in [1.807, 2.05) is 6.07 Å². The summed E-state index contributed by atoms with van der Waals surface area (Å²) in [4.78, 5) is 29.7. The van der Waals surface area contributed by atoms with Crippen molar-refractivity contribution in [2.45, 2.75) is 65.4 Å². The third-order valence-corrected chi connectivity index (χ3v) is 7.98. The fourth-order valence-electron chi connectivity index (χ4n) is 6.44. The molecule has 0 spiro atoms. The van der Waals surface area contributed by atoms with E-state index in [9.17, 15) is 14.7 Å². The zero-order valence-corrected chi connectivity index (χ0v) is 23.3. The number of carbonyl (C=O) groups excluding carboxylic acids is 2. The maximum Gasteiger partial charge on any atom is 0.337 e. The van der Waals surface area contributed by atoms with E-state index in [1.54, 1.807) is 25.1 Å². The molecule has 1 fully saturated rings. The largest absolute Gasteiger partial charge is 0.508 e.